The van der Waals surface area contributed by atoms with Crippen molar-refractivity contribution in [2.75, 3.05) is 24.7 Å². The lowest BCUT2D eigenvalue weighted by atomic mass is 10.0. The van der Waals surface area contributed by atoms with Crippen LogP contribution in [0.3, 0.4) is 0 Å². The van der Waals surface area contributed by atoms with Crippen LogP contribution in [0.25, 0.3) is 0 Å². The summed E-state index contributed by atoms with van der Waals surface area (Å²) in [4.78, 5) is 12.5. The molecular formula is C17H25N5O3. The fourth-order valence-corrected chi connectivity index (χ4v) is 2.08. The Morgan fingerprint density at radius 3 is 2.60 bits per heavy atom. The molecule has 8 heteroatoms. The molecule has 0 saturated heterocycles. The minimum atomic E-state index is -0.460. The Labute approximate surface area is 147 Å². The van der Waals surface area contributed by atoms with E-state index in [1.165, 1.54) is 6.20 Å². The van der Waals surface area contributed by atoms with Gasteiger partial charge >= 0.3 is 0 Å². The summed E-state index contributed by atoms with van der Waals surface area (Å²) in [7, 11) is 1.55. The quantitative estimate of drug-likeness (QED) is 0.667. The lowest BCUT2D eigenvalue weighted by Crippen LogP contribution is -2.19. The average Bonchev–Trinajstić information content (AvgIpc) is 2.61. The molecule has 0 aromatic carbocycles. The number of hydrogen-bond acceptors (Lipinski definition) is 8. The molecule has 0 radical (unpaired) electrons. The van der Waals surface area contributed by atoms with Crippen LogP contribution in [0.2, 0.25) is 0 Å². The first-order chi connectivity index (χ1) is 11.9. The number of nitrogen functional groups attached to an aromatic ring is 1. The Balaban J connectivity index is 2.20. The first kappa shape index (κ1) is 18.7. The van der Waals surface area contributed by atoms with E-state index in [9.17, 15) is 5.11 Å². The summed E-state index contributed by atoms with van der Waals surface area (Å²) in [5.41, 5.74) is 6.90. The Bertz CT molecular complexity index is 709. The van der Waals surface area contributed by atoms with E-state index in [0.717, 1.165) is 5.56 Å². The summed E-state index contributed by atoms with van der Waals surface area (Å²) in [5, 5.41) is 12.5. The van der Waals surface area contributed by atoms with Gasteiger partial charge < -0.3 is 25.6 Å². The van der Waals surface area contributed by atoms with Crippen LogP contribution in [-0.4, -0.2) is 39.8 Å². The van der Waals surface area contributed by atoms with Crippen molar-refractivity contribution in [2.45, 2.75) is 39.2 Å². The maximum atomic E-state index is 9.58. The van der Waals surface area contributed by atoms with Crippen molar-refractivity contribution in [3.8, 4) is 17.4 Å². The summed E-state index contributed by atoms with van der Waals surface area (Å²) < 4.78 is 11.1. The second kappa shape index (κ2) is 8.48. The second-order valence-corrected chi connectivity index (χ2v) is 5.91. The zero-order valence-corrected chi connectivity index (χ0v) is 15.0. The predicted octanol–water partition coefficient (Wildman–Crippen LogP) is 2.56. The number of nitrogens with two attached hydrogens (primary N) is 1. The Hall–Kier alpha value is -2.61. The summed E-state index contributed by atoms with van der Waals surface area (Å²) in [6.07, 6.45) is 3.40. The van der Waals surface area contributed by atoms with Crippen LogP contribution < -0.4 is 20.5 Å². The minimum absolute atomic E-state index is 0.203. The van der Waals surface area contributed by atoms with Gasteiger partial charge in [-0.15, -0.1) is 0 Å². The van der Waals surface area contributed by atoms with Crippen molar-refractivity contribution in [2.24, 2.45) is 0 Å². The van der Waals surface area contributed by atoms with E-state index in [0.29, 0.717) is 36.3 Å². The van der Waals surface area contributed by atoms with Crippen LogP contribution in [0.15, 0.2) is 18.5 Å². The molecule has 1 atom stereocenters. The molecule has 0 amide bonds. The number of aliphatic hydroxyl groups is 1. The van der Waals surface area contributed by atoms with Gasteiger partial charge in [0.05, 0.1) is 19.4 Å². The molecule has 2 heterocycles. The third kappa shape index (κ3) is 4.93. The van der Waals surface area contributed by atoms with Gasteiger partial charge in [0.25, 0.3) is 0 Å². The fraction of sp³-hybridized carbons (Fsp3) is 0.471. The molecule has 2 rings (SSSR count). The normalized spacial score (nSPS) is 12.1. The molecule has 0 aliphatic carbocycles. The van der Waals surface area contributed by atoms with Crippen LogP contribution in [0, 0.1) is 0 Å². The second-order valence-electron chi connectivity index (χ2n) is 5.91. The van der Waals surface area contributed by atoms with Gasteiger partial charge in [0, 0.05) is 24.4 Å². The van der Waals surface area contributed by atoms with E-state index in [1.807, 2.05) is 20.8 Å². The van der Waals surface area contributed by atoms with E-state index in [2.05, 4.69) is 20.3 Å². The average molecular weight is 347 g/mol. The maximum absolute atomic E-state index is 9.58. The topological polar surface area (TPSA) is 115 Å². The lowest BCUT2D eigenvalue weighted by molar-refractivity contribution is 0.183. The summed E-state index contributed by atoms with van der Waals surface area (Å²) in [6.45, 7) is 6.34. The highest BCUT2D eigenvalue weighted by molar-refractivity contribution is 5.51. The number of aliphatic hydroxyl groups excluding tert-OH is 1. The molecule has 4 N–H and O–H groups in total. The zero-order chi connectivity index (χ0) is 18.4. The van der Waals surface area contributed by atoms with Crippen LogP contribution >= 0.6 is 0 Å². The predicted molar refractivity (Wildman–Crippen MR) is 96.2 cm³/mol. The molecule has 0 spiro atoms. The van der Waals surface area contributed by atoms with Gasteiger partial charge in [-0.1, -0.05) is 20.8 Å². The number of aromatic nitrogens is 3. The standard InChI is InChI=1S/C17H25N5O3/c1-5-11(23)7-20-17-21-9-14(16(18)22-17)25-13-6-15(24-4)19-8-12(13)10(2)3/h6,8-11,23H,5,7H2,1-4H3,(H3,18,20,21,22). The van der Waals surface area contributed by atoms with Crippen molar-refractivity contribution in [3.05, 3.63) is 24.0 Å². The summed E-state index contributed by atoms with van der Waals surface area (Å²) >= 11 is 0. The van der Waals surface area contributed by atoms with E-state index in [1.54, 1.807) is 19.4 Å². The lowest BCUT2D eigenvalue weighted by Gasteiger charge is -2.15. The van der Waals surface area contributed by atoms with Gasteiger partial charge in [0.1, 0.15) is 5.75 Å². The number of nitrogens with one attached hydrogen (secondary N) is 1. The highest BCUT2D eigenvalue weighted by Gasteiger charge is 2.14. The zero-order valence-electron chi connectivity index (χ0n) is 15.0. The van der Waals surface area contributed by atoms with Gasteiger partial charge in [-0.05, 0) is 12.3 Å². The van der Waals surface area contributed by atoms with Crippen LogP contribution in [0.5, 0.6) is 17.4 Å². The van der Waals surface area contributed by atoms with E-state index in [4.69, 9.17) is 15.2 Å². The maximum Gasteiger partial charge on any atom is 0.224 e. The fourth-order valence-electron chi connectivity index (χ4n) is 2.08. The third-order valence-corrected chi connectivity index (χ3v) is 3.67. The molecule has 1 unspecified atom stereocenters. The van der Waals surface area contributed by atoms with Crippen molar-refractivity contribution in [1.82, 2.24) is 15.0 Å². The molecule has 0 saturated carbocycles. The minimum Gasteiger partial charge on any atom is -0.481 e. The first-order valence-electron chi connectivity index (χ1n) is 8.20. The molecular weight excluding hydrogens is 322 g/mol. The van der Waals surface area contributed by atoms with Gasteiger partial charge in [-0.25, -0.2) is 9.97 Å². The monoisotopic (exact) mass is 347 g/mol. The highest BCUT2D eigenvalue weighted by atomic mass is 16.5. The number of anilines is 2. The van der Waals surface area contributed by atoms with Crippen molar-refractivity contribution < 1.29 is 14.6 Å². The molecule has 0 aliphatic rings. The molecule has 136 valence electrons. The van der Waals surface area contributed by atoms with Gasteiger partial charge in [0.2, 0.25) is 11.8 Å². The van der Waals surface area contributed by atoms with Crippen molar-refractivity contribution >= 4 is 11.8 Å². The van der Waals surface area contributed by atoms with E-state index in [-0.39, 0.29) is 11.7 Å². The Morgan fingerprint density at radius 2 is 2.00 bits per heavy atom. The number of ether oxygens (including phenoxy) is 2. The molecule has 0 bridgehead atoms. The number of methoxy groups -OCH3 is 1. The third-order valence-electron chi connectivity index (χ3n) is 3.67. The largest absolute Gasteiger partial charge is 0.481 e. The first-order valence-corrected chi connectivity index (χ1v) is 8.20. The van der Waals surface area contributed by atoms with Crippen molar-refractivity contribution in [3.63, 3.8) is 0 Å². The van der Waals surface area contributed by atoms with Crippen LogP contribution in [0.4, 0.5) is 11.8 Å². The molecule has 0 fully saturated rings. The number of rotatable bonds is 8. The van der Waals surface area contributed by atoms with Crippen LogP contribution in [-0.2, 0) is 0 Å². The Morgan fingerprint density at radius 1 is 1.24 bits per heavy atom. The highest BCUT2D eigenvalue weighted by Crippen LogP contribution is 2.34. The van der Waals surface area contributed by atoms with Crippen molar-refractivity contribution in [1.29, 1.82) is 0 Å². The summed E-state index contributed by atoms with van der Waals surface area (Å²) in [5.74, 6) is 2.15. The summed E-state index contributed by atoms with van der Waals surface area (Å²) in [6, 6.07) is 1.71. The molecule has 8 nitrogen and oxygen atoms in total. The smallest absolute Gasteiger partial charge is 0.224 e. The molecule has 2 aromatic rings. The number of hydrogen-bond donors (Lipinski definition) is 3. The molecule has 2 aromatic heterocycles. The van der Waals surface area contributed by atoms with Gasteiger partial charge in [-0.3, -0.25) is 0 Å². The van der Waals surface area contributed by atoms with Gasteiger partial charge in [-0.2, -0.15) is 4.98 Å². The molecule has 25 heavy (non-hydrogen) atoms. The van der Waals surface area contributed by atoms with E-state index < -0.39 is 6.10 Å². The van der Waals surface area contributed by atoms with Gasteiger partial charge in [0.15, 0.2) is 11.6 Å². The SMILES string of the molecule is CCC(O)CNc1ncc(Oc2cc(OC)ncc2C(C)C)c(N)n1. The molecule has 0 aliphatic heterocycles. The van der Waals surface area contributed by atoms with Crippen LogP contribution in [0.1, 0.15) is 38.7 Å². The van der Waals surface area contributed by atoms with E-state index >= 15 is 0 Å². The Kier molecular flexibility index (Phi) is 6.35. The number of nitrogens with zero attached hydrogens (tertiary/aromatic N) is 3. The number of pyridine rings is 1.